The molecular weight excluding hydrogens is 322 g/mol. The van der Waals surface area contributed by atoms with Gasteiger partial charge in [-0.1, -0.05) is 36.4 Å². The molecular formula is C22H21N3O. The number of anilines is 1. The minimum absolute atomic E-state index is 0.846. The van der Waals surface area contributed by atoms with Crippen LogP contribution in [0, 0.1) is 6.92 Å². The van der Waals surface area contributed by atoms with E-state index >= 15 is 0 Å². The standard InChI is InChI=1S/C22H21N3O/c1-15-8-2-4-11-18(15)25-22-17(10-6-7-13-23-22)21(24-25)20-14-16-9-3-5-12-19(16)26-20/h2-5,8-9,11-12,14,23H,6-7,10,13H2,1H3. The first-order chi connectivity index (χ1) is 12.8. The molecule has 0 saturated heterocycles. The van der Waals surface area contributed by atoms with Crippen LogP contribution < -0.4 is 5.32 Å². The summed E-state index contributed by atoms with van der Waals surface area (Å²) in [6, 6.07) is 18.6. The van der Waals surface area contributed by atoms with Crippen LogP contribution in [0.3, 0.4) is 0 Å². The summed E-state index contributed by atoms with van der Waals surface area (Å²) in [6.07, 6.45) is 3.34. The van der Waals surface area contributed by atoms with Crippen molar-refractivity contribution in [1.82, 2.24) is 9.78 Å². The van der Waals surface area contributed by atoms with Crippen LogP contribution in [0.5, 0.6) is 0 Å². The second kappa shape index (κ2) is 6.06. The summed E-state index contributed by atoms with van der Waals surface area (Å²) >= 11 is 0. The number of nitrogens with one attached hydrogen (secondary N) is 1. The fraction of sp³-hybridized carbons (Fsp3) is 0.227. The van der Waals surface area contributed by atoms with Gasteiger partial charge in [-0.05, 0) is 49.9 Å². The van der Waals surface area contributed by atoms with Gasteiger partial charge in [-0.15, -0.1) is 0 Å². The Morgan fingerprint density at radius 3 is 2.77 bits per heavy atom. The largest absolute Gasteiger partial charge is 0.454 e. The Kier molecular flexibility index (Phi) is 3.56. The van der Waals surface area contributed by atoms with E-state index in [4.69, 9.17) is 9.52 Å². The van der Waals surface area contributed by atoms with E-state index in [0.717, 1.165) is 53.3 Å². The van der Waals surface area contributed by atoms with Crippen molar-refractivity contribution in [3.05, 3.63) is 65.7 Å². The summed E-state index contributed by atoms with van der Waals surface area (Å²) in [7, 11) is 0. The molecule has 4 nitrogen and oxygen atoms in total. The van der Waals surface area contributed by atoms with Crippen LogP contribution in [0.4, 0.5) is 5.82 Å². The van der Waals surface area contributed by atoms with Gasteiger partial charge < -0.3 is 9.73 Å². The summed E-state index contributed by atoms with van der Waals surface area (Å²) < 4.78 is 8.19. The Morgan fingerprint density at radius 1 is 1.04 bits per heavy atom. The van der Waals surface area contributed by atoms with Crippen LogP contribution >= 0.6 is 0 Å². The van der Waals surface area contributed by atoms with Gasteiger partial charge in [0.15, 0.2) is 5.76 Å². The molecule has 0 atom stereocenters. The lowest BCUT2D eigenvalue weighted by molar-refractivity contribution is 0.625. The van der Waals surface area contributed by atoms with E-state index < -0.39 is 0 Å². The predicted octanol–water partition coefficient (Wildman–Crippen LogP) is 5.34. The highest BCUT2D eigenvalue weighted by molar-refractivity contribution is 5.83. The second-order valence-corrected chi connectivity index (χ2v) is 6.91. The van der Waals surface area contributed by atoms with Gasteiger partial charge in [0.1, 0.15) is 17.1 Å². The number of fused-ring (bicyclic) bond motifs is 2. The number of hydrogen-bond donors (Lipinski definition) is 1. The molecule has 3 heterocycles. The number of furan rings is 1. The molecule has 130 valence electrons. The summed E-state index contributed by atoms with van der Waals surface area (Å²) in [5.74, 6) is 1.95. The maximum Gasteiger partial charge on any atom is 0.156 e. The van der Waals surface area contributed by atoms with Crippen LogP contribution in [0.15, 0.2) is 59.0 Å². The molecule has 5 rings (SSSR count). The molecule has 26 heavy (non-hydrogen) atoms. The first-order valence-electron chi connectivity index (χ1n) is 9.22. The van der Waals surface area contributed by atoms with E-state index in [9.17, 15) is 0 Å². The third-order valence-corrected chi connectivity index (χ3v) is 5.13. The molecule has 0 unspecified atom stereocenters. The van der Waals surface area contributed by atoms with Crippen LogP contribution in [0.1, 0.15) is 24.0 Å². The van der Waals surface area contributed by atoms with Gasteiger partial charge in [-0.3, -0.25) is 0 Å². The molecule has 1 aliphatic rings. The third kappa shape index (κ3) is 2.41. The molecule has 2 aromatic carbocycles. The maximum atomic E-state index is 6.14. The monoisotopic (exact) mass is 343 g/mol. The Bertz CT molecular complexity index is 1060. The molecule has 0 fully saturated rings. The Hall–Kier alpha value is -3.01. The van der Waals surface area contributed by atoms with E-state index in [1.807, 2.05) is 18.2 Å². The summed E-state index contributed by atoms with van der Waals surface area (Å²) in [5, 5.41) is 9.71. The number of rotatable bonds is 2. The molecule has 4 aromatic rings. The van der Waals surface area contributed by atoms with E-state index in [2.05, 4.69) is 53.3 Å². The van der Waals surface area contributed by atoms with E-state index in [0.29, 0.717) is 0 Å². The number of para-hydroxylation sites is 2. The van der Waals surface area contributed by atoms with Crippen LogP contribution in [-0.4, -0.2) is 16.3 Å². The highest BCUT2D eigenvalue weighted by Gasteiger charge is 2.24. The normalized spacial score (nSPS) is 14.0. The van der Waals surface area contributed by atoms with Crippen molar-refractivity contribution < 1.29 is 4.42 Å². The summed E-state index contributed by atoms with van der Waals surface area (Å²) in [4.78, 5) is 0. The average molecular weight is 343 g/mol. The number of aromatic nitrogens is 2. The average Bonchev–Trinajstić information content (AvgIpc) is 3.15. The van der Waals surface area contributed by atoms with Crippen LogP contribution in [0.25, 0.3) is 28.1 Å². The van der Waals surface area contributed by atoms with Gasteiger partial charge in [0, 0.05) is 17.5 Å². The van der Waals surface area contributed by atoms with Crippen molar-refractivity contribution in [1.29, 1.82) is 0 Å². The van der Waals surface area contributed by atoms with Gasteiger partial charge in [-0.25, -0.2) is 4.68 Å². The summed E-state index contributed by atoms with van der Waals surface area (Å²) in [5.41, 5.74) is 5.43. The summed E-state index contributed by atoms with van der Waals surface area (Å²) in [6.45, 7) is 3.10. The van der Waals surface area contributed by atoms with Crippen molar-refractivity contribution >= 4 is 16.8 Å². The Labute approximate surface area is 152 Å². The first kappa shape index (κ1) is 15.3. The zero-order valence-electron chi connectivity index (χ0n) is 14.8. The highest BCUT2D eigenvalue weighted by atomic mass is 16.3. The minimum atomic E-state index is 0.846. The lowest BCUT2D eigenvalue weighted by Crippen LogP contribution is -2.08. The number of aryl methyl sites for hydroxylation is 1. The fourth-order valence-electron chi connectivity index (χ4n) is 3.77. The van der Waals surface area contributed by atoms with Gasteiger partial charge in [0.05, 0.1) is 5.69 Å². The third-order valence-electron chi connectivity index (χ3n) is 5.13. The second-order valence-electron chi connectivity index (χ2n) is 6.91. The highest BCUT2D eigenvalue weighted by Crippen LogP contribution is 2.36. The molecule has 4 heteroatoms. The molecule has 0 spiro atoms. The van der Waals surface area contributed by atoms with Crippen molar-refractivity contribution in [2.24, 2.45) is 0 Å². The Balaban J connectivity index is 1.74. The van der Waals surface area contributed by atoms with Crippen LogP contribution in [0.2, 0.25) is 0 Å². The SMILES string of the molecule is Cc1ccccc1-n1nc(-c2cc3ccccc3o2)c2c1NCCCC2. The van der Waals surface area contributed by atoms with Crippen molar-refractivity contribution in [2.45, 2.75) is 26.2 Å². The molecule has 0 amide bonds. The smallest absolute Gasteiger partial charge is 0.156 e. The molecule has 0 saturated carbocycles. The number of benzene rings is 2. The maximum absolute atomic E-state index is 6.14. The Morgan fingerprint density at radius 2 is 1.88 bits per heavy atom. The molecule has 0 bridgehead atoms. The first-order valence-corrected chi connectivity index (χ1v) is 9.22. The quantitative estimate of drug-likeness (QED) is 0.534. The predicted molar refractivity (Wildman–Crippen MR) is 105 cm³/mol. The zero-order valence-corrected chi connectivity index (χ0v) is 14.8. The topological polar surface area (TPSA) is 43.0 Å². The molecule has 2 aromatic heterocycles. The number of nitrogens with zero attached hydrogens (tertiary/aromatic N) is 2. The van der Waals surface area contributed by atoms with Crippen molar-refractivity contribution in [2.75, 3.05) is 11.9 Å². The fourth-order valence-corrected chi connectivity index (χ4v) is 3.77. The van der Waals surface area contributed by atoms with E-state index in [1.165, 1.54) is 17.5 Å². The molecule has 0 radical (unpaired) electrons. The minimum Gasteiger partial charge on any atom is -0.454 e. The lowest BCUT2D eigenvalue weighted by atomic mass is 10.1. The van der Waals surface area contributed by atoms with E-state index in [-0.39, 0.29) is 0 Å². The van der Waals surface area contributed by atoms with Crippen molar-refractivity contribution in [3.63, 3.8) is 0 Å². The van der Waals surface area contributed by atoms with Gasteiger partial charge >= 0.3 is 0 Å². The number of hydrogen-bond acceptors (Lipinski definition) is 3. The lowest BCUT2D eigenvalue weighted by Gasteiger charge is -2.11. The molecule has 1 N–H and O–H groups in total. The van der Waals surface area contributed by atoms with Gasteiger partial charge in [0.25, 0.3) is 0 Å². The van der Waals surface area contributed by atoms with E-state index in [1.54, 1.807) is 0 Å². The zero-order chi connectivity index (χ0) is 17.5. The molecule has 0 aliphatic carbocycles. The van der Waals surface area contributed by atoms with Gasteiger partial charge in [-0.2, -0.15) is 5.10 Å². The van der Waals surface area contributed by atoms with Gasteiger partial charge in [0.2, 0.25) is 0 Å². The molecule has 1 aliphatic heterocycles. The van der Waals surface area contributed by atoms with Crippen molar-refractivity contribution in [3.8, 4) is 17.1 Å². The van der Waals surface area contributed by atoms with Crippen LogP contribution in [-0.2, 0) is 6.42 Å².